The second-order valence-corrected chi connectivity index (χ2v) is 1.68. The van der Waals surface area contributed by atoms with E-state index in [4.69, 9.17) is 5.26 Å². The number of hydrogen-bond donors (Lipinski definition) is 0. The van der Waals surface area contributed by atoms with Gasteiger partial charge in [0, 0.05) is 19.4 Å². The summed E-state index contributed by atoms with van der Waals surface area (Å²) in [6, 6.07) is 3.80. The van der Waals surface area contributed by atoms with Crippen LogP contribution in [-0.4, -0.2) is 4.57 Å². The zero-order valence-electron chi connectivity index (χ0n) is 4.63. The van der Waals surface area contributed by atoms with E-state index in [2.05, 4.69) is 0 Å². The molecule has 0 amide bonds. The summed E-state index contributed by atoms with van der Waals surface area (Å²) in [7, 11) is 1.89. The van der Waals surface area contributed by atoms with E-state index in [1.807, 2.05) is 23.9 Å². The maximum atomic E-state index is 8.29. The maximum absolute atomic E-state index is 8.29. The Balaban J connectivity index is 3.05. The van der Waals surface area contributed by atoms with Gasteiger partial charge in [-0.1, -0.05) is 0 Å². The average Bonchev–Trinajstić information content (AvgIpc) is 2.14. The summed E-state index contributed by atoms with van der Waals surface area (Å²) >= 11 is 0. The van der Waals surface area contributed by atoms with E-state index in [0.717, 1.165) is 0 Å². The zero-order chi connectivity index (χ0) is 5.98. The van der Waals surface area contributed by atoms with Gasteiger partial charge >= 0.3 is 0 Å². The molecule has 1 aromatic heterocycles. The molecule has 0 aliphatic carbocycles. The molecular formula is C6H6N2. The molecule has 0 N–H and O–H groups in total. The van der Waals surface area contributed by atoms with Gasteiger partial charge in [0.05, 0.1) is 5.56 Å². The second kappa shape index (κ2) is 1.71. The van der Waals surface area contributed by atoms with Crippen LogP contribution in [0.3, 0.4) is 0 Å². The molecule has 0 fully saturated rings. The molecular weight excluding hydrogens is 100 g/mol. The van der Waals surface area contributed by atoms with E-state index in [0.29, 0.717) is 5.56 Å². The lowest BCUT2D eigenvalue weighted by atomic mass is 10.4. The molecule has 0 radical (unpaired) electrons. The molecule has 0 aromatic carbocycles. The van der Waals surface area contributed by atoms with Crippen molar-refractivity contribution in [2.75, 3.05) is 0 Å². The molecule has 2 heteroatoms. The highest BCUT2D eigenvalue weighted by Gasteiger charge is 1.86. The van der Waals surface area contributed by atoms with E-state index in [1.165, 1.54) is 0 Å². The minimum atomic E-state index is 0.715. The smallest absolute Gasteiger partial charge is 0.101 e. The van der Waals surface area contributed by atoms with Gasteiger partial charge in [0.1, 0.15) is 6.07 Å². The Morgan fingerprint density at radius 3 is 2.75 bits per heavy atom. The predicted octanol–water partition coefficient (Wildman–Crippen LogP) is 0.897. The summed E-state index contributed by atoms with van der Waals surface area (Å²) in [5, 5.41) is 8.29. The first-order valence-corrected chi connectivity index (χ1v) is 2.35. The van der Waals surface area contributed by atoms with Crippen LogP contribution < -0.4 is 0 Å². The molecule has 0 aliphatic rings. The topological polar surface area (TPSA) is 28.7 Å². The number of aromatic nitrogens is 1. The summed E-state index contributed by atoms with van der Waals surface area (Å²) in [5.41, 5.74) is 0.715. The van der Waals surface area contributed by atoms with Crippen molar-refractivity contribution in [3.63, 3.8) is 0 Å². The Kier molecular flexibility index (Phi) is 1.05. The van der Waals surface area contributed by atoms with Crippen LogP contribution in [0.1, 0.15) is 5.56 Å². The Hall–Kier alpha value is -1.23. The van der Waals surface area contributed by atoms with Gasteiger partial charge in [0.2, 0.25) is 0 Å². The summed E-state index contributed by atoms with van der Waals surface area (Å²) in [6.07, 6.45) is 3.62. The van der Waals surface area contributed by atoms with Crippen molar-refractivity contribution in [3.8, 4) is 6.07 Å². The van der Waals surface area contributed by atoms with Gasteiger partial charge in [-0.3, -0.25) is 0 Å². The first-order valence-electron chi connectivity index (χ1n) is 2.35. The lowest BCUT2D eigenvalue weighted by Gasteiger charge is -1.80. The normalized spacial score (nSPS) is 8.50. The lowest BCUT2D eigenvalue weighted by molar-refractivity contribution is 0.927. The predicted molar refractivity (Wildman–Crippen MR) is 30.1 cm³/mol. The number of nitrogens with zero attached hydrogens (tertiary/aromatic N) is 2. The standard InChI is InChI=1S/C6H6N2/c1-8-3-2-6(4-7)5-8/h2-3,5H,1H3. The van der Waals surface area contributed by atoms with Crippen molar-refractivity contribution in [1.82, 2.24) is 4.57 Å². The molecule has 40 valence electrons. The van der Waals surface area contributed by atoms with Crippen molar-refractivity contribution in [3.05, 3.63) is 24.0 Å². The molecule has 1 heterocycles. The Labute approximate surface area is 48.0 Å². The Bertz CT molecular complexity index is 217. The lowest BCUT2D eigenvalue weighted by Crippen LogP contribution is -1.76. The Morgan fingerprint density at radius 1 is 1.75 bits per heavy atom. The number of aryl methyl sites for hydroxylation is 1. The quantitative estimate of drug-likeness (QED) is 0.483. The third-order valence-corrected chi connectivity index (χ3v) is 0.961. The van der Waals surface area contributed by atoms with Gasteiger partial charge in [-0.25, -0.2) is 0 Å². The SMILES string of the molecule is Cn1ccc(C#N)c1. The molecule has 0 atom stereocenters. The first-order chi connectivity index (χ1) is 3.83. The number of rotatable bonds is 0. The van der Waals surface area contributed by atoms with Crippen LogP contribution in [0.2, 0.25) is 0 Å². The van der Waals surface area contributed by atoms with Gasteiger partial charge in [-0.05, 0) is 6.07 Å². The van der Waals surface area contributed by atoms with Crippen LogP contribution in [0.5, 0.6) is 0 Å². The van der Waals surface area contributed by atoms with Crippen LogP contribution in [-0.2, 0) is 7.05 Å². The fourth-order valence-electron chi connectivity index (χ4n) is 0.569. The van der Waals surface area contributed by atoms with E-state index in [1.54, 1.807) is 12.3 Å². The van der Waals surface area contributed by atoms with Crippen molar-refractivity contribution in [2.45, 2.75) is 0 Å². The summed E-state index contributed by atoms with van der Waals surface area (Å²) < 4.78 is 1.85. The molecule has 0 aliphatic heterocycles. The van der Waals surface area contributed by atoms with E-state index >= 15 is 0 Å². The zero-order valence-corrected chi connectivity index (χ0v) is 4.63. The first kappa shape index (κ1) is 4.92. The highest BCUT2D eigenvalue weighted by Crippen LogP contribution is 1.94. The van der Waals surface area contributed by atoms with Crippen LogP contribution >= 0.6 is 0 Å². The molecule has 8 heavy (non-hydrogen) atoms. The molecule has 1 aromatic rings. The number of hydrogen-bond acceptors (Lipinski definition) is 1. The molecule has 0 saturated carbocycles. The van der Waals surface area contributed by atoms with Gasteiger partial charge in [-0.15, -0.1) is 0 Å². The molecule has 0 unspecified atom stereocenters. The molecule has 0 saturated heterocycles. The van der Waals surface area contributed by atoms with Crippen molar-refractivity contribution in [1.29, 1.82) is 5.26 Å². The van der Waals surface area contributed by atoms with E-state index in [-0.39, 0.29) is 0 Å². The minimum absolute atomic E-state index is 0.715. The van der Waals surface area contributed by atoms with Crippen molar-refractivity contribution in [2.24, 2.45) is 7.05 Å². The molecule has 0 spiro atoms. The monoisotopic (exact) mass is 106 g/mol. The van der Waals surface area contributed by atoms with Gasteiger partial charge in [0.25, 0.3) is 0 Å². The van der Waals surface area contributed by atoms with Crippen LogP contribution in [0.25, 0.3) is 0 Å². The highest BCUT2D eigenvalue weighted by atomic mass is 14.9. The minimum Gasteiger partial charge on any atom is -0.356 e. The fraction of sp³-hybridized carbons (Fsp3) is 0.167. The van der Waals surface area contributed by atoms with Crippen LogP contribution in [0.4, 0.5) is 0 Å². The summed E-state index contributed by atoms with van der Waals surface area (Å²) in [5.74, 6) is 0. The third-order valence-electron chi connectivity index (χ3n) is 0.961. The van der Waals surface area contributed by atoms with Crippen LogP contribution in [0, 0.1) is 11.3 Å². The molecule has 0 bridgehead atoms. The van der Waals surface area contributed by atoms with Crippen LogP contribution in [0.15, 0.2) is 18.5 Å². The van der Waals surface area contributed by atoms with E-state index < -0.39 is 0 Å². The summed E-state index contributed by atoms with van der Waals surface area (Å²) in [6.45, 7) is 0. The maximum Gasteiger partial charge on any atom is 0.101 e. The summed E-state index contributed by atoms with van der Waals surface area (Å²) in [4.78, 5) is 0. The molecule has 1 rings (SSSR count). The van der Waals surface area contributed by atoms with Crippen molar-refractivity contribution >= 4 is 0 Å². The van der Waals surface area contributed by atoms with Crippen molar-refractivity contribution < 1.29 is 0 Å². The van der Waals surface area contributed by atoms with Gasteiger partial charge < -0.3 is 4.57 Å². The van der Waals surface area contributed by atoms with Gasteiger partial charge in [-0.2, -0.15) is 5.26 Å². The third kappa shape index (κ3) is 0.710. The Morgan fingerprint density at radius 2 is 2.50 bits per heavy atom. The number of nitriles is 1. The fourth-order valence-corrected chi connectivity index (χ4v) is 0.569. The van der Waals surface area contributed by atoms with Gasteiger partial charge in [0.15, 0.2) is 0 Å². The second-order valence-electron chi connectivity index (χ2n) is 1.68. The largest absolute Gasteiger partial charge is 0.356 e. The van der Waals surface area contributed by atoms with E-state index in [9.17, 15) is 0 Å². The highest BCUT2D eigenvalue weighted by molar-refractivity contribution is 5.24. The molecule has 2 nitrogen and oxygen atoms in total. The average molecular weight is 106 g/mol.